The largest absolute Gasteiger partial charge is 0.425 e. The molecule has 0 saturated heterocycles. The molecule has 0 aliphatic heterocycles. The summed E-state index contributed by atoms with van der Waals surface area (Å²) in [5.74, 6) is 1.29. The van der Waals surface area contributed by atoms with E-state index in [1.807, 2.05) is 18.2 Å². The van der Waals surface area contributed by atoms with Crippen molar-refractivity contribution < 1.29 is 9.53 Å². The summed E-state index contributed by atoms with van der Waals surface area (Å²) in [6, 6.07) is 16.7. The van der Waals surface area contributed by atoms with Crippen LogP contribution in [0.1, 0.15) is 93.4 Å². The lowest BCUT2D eigenvalue weighted by molar-refractivity contribution is -0.140. The van der Waals surface area contributed by atoms with Crippen molar-refractivity contribution in [2.45, 2.75) is 84.5 Å². The van der Waals surface area contributed by atoms with E-state index in [2.05, 4.69) is 51.1 Å². The molecule has 0 N–H and O–H groups in total. The molecule has 0 aromatic heterocycles. The van der Waals surface area contributed by atoms with Gasteiger partial charge in [0, 0.05) is 0 Å². The van der Waals surface area contributed by atoms with Crippen molar-refractivity contribution in [1.29, 1.82) is 5.26 Å². The summed E-state index contributed by atoms with van der Waals surface area (Å²) >= 11 is 0. The van der Waals surface area contributed by atoms with Crippen LogP contribution >= 0.6 is 0 Å². The summed E-state index contributed by atoms with van der Waals surface area (Å²) in [6.45, 7) is 6.56. The van der Waals surface area contributed by atoms with Crippen LogP contribution in [0.3, 0.4) is 0 Å². The third-order valence-electron chi connectivity index (χ3n) is 7.05. The fraction of sp³-hybridized carbons (Fsp3) is 0.517. The fourth-order valence-corrected chi connectivity index (χ4v) is 4.85. The number of unbranched alkanes of at least 4 members (excludes halogenated alkanes) is 1. The highest BCUT2D eigenvalue weighted by Crippen LogP contribution is 2.37. The molecule has 2 aromatic carbocycles. The van der Waals surface area contributed by atoms with Gasteiger partial charge < -0.3 is 4.74 Å². The first-order valence-electron chi connectivity index (χ1n) is 12.3. The molecule has 1 saturated carbocycles. The lowest BCUT2D eigenvalue weighted by Gasteiger charge is -2.27. The van der Waals surface area contributed by atoms with E-state index in [9.17, 15) is 10.1 Å². The maximum absolute atomic E-state index is 12.8. The van der Waals surface area contributed by atoms with Crippen molar-refractivity contribution >= 4 is 5.97 Å². The van der Waals surface area contributed by atoms with Crippen LogP contribution in [0.15, 0.2) is 42.5 Å². The molecule has 1 unspecified atom stereocenters. The predicted molar refractivity (Wildman–Crippen MR) is 130 cm³/mol. The smallest absolute Gasteiger partial charge is 0.314 e. The number of nitrogens with zero attached hydrogens (tertiary/aromatic N) is 1. The van der Waals surface area contributed by atoms with E-state index in [0.29, 0.717) is 23.1 Å². The number of carbonyl (C=O) groups excluding carboxylic acids is 1. The second-order valence-corrected chi connectivity index (χ2v) is 9.44. The van der Waals surface area contributed by atoms with Crippen LogP contribution in [0.4, 0.5) is 0 Å². The van der Waals surface area contributed by atoms with Gasteiger partial charge in [-0.15, -0.1) is 0 Å². The molecule has 0 heterocycles. The molecule has 3 heteroatoms. The normalized spacial score (nSPS) is 19.2. The van der Waals surface area contributed by atoms with E-state index in [1.165, 1.54) is 30.4 Å². The first-order valence-corrected chi connectivity index (χ1v) is 12.3. The van der Waals surface area contributed by atoms with E-state index in [0.717, 1.165) is 44.1 Å². The van der Waals surface area contributed by atoms with E-state index in [4.69, 9.17) is 4.74 Å². The average molecular weight is 432 g/mol. The molecule has 2 aromatic rings. The van der Waals surface area contributed by atoms with E-state index in [-0.39, 0.29) is 11.9 Å². The number of aryl methyl sites for hydroxylation is 1. The Morgan fingerprint density at radius 3 is 2.44 bits per heavy atom. The Balaban J connectivity index is 1.57. The van der Waals surface area contributed by atoms with Crippen LogP contribution in [0, 0.1) is 30.1 Å². The van der Waals surface area contributed by atoms with Crippen molar-refractivity contribution in [1.82, 2.24) is 0 Å². The molecule has 1 atom stereocenters. The summed E-state index contributed by atoms with van der Waals surface area (Å²) < 4.78 is 5.72. The standard InChI is InChI=1S/C29H37NO2/c1-4-6-7-22(5-2)18-23-10-17-28(27(19-23)20-30)32-29(31)26-15-13-25(14-16-26)24-11-8-21(3)9-12-24/h8-12,17,19,22,25-26H,4-7,13-16,18H2,1-3H3. The Morgan fingerprint density at radius 2 is 1.81 bits per heavy atom. The fourth-order valence-electron chi connectivity index (χ4n) is 4.85. The van der Waals surface area contributed by atoms with Gasteiger partial charge >= 0.3 is 5.97 Å². The molecular weight excluding hydrogens is 394 g/mol. The summed E-state index contributed by atoms with van der Waals surface area (Å²) in [6.07, 6.45) is 9.47. The Morgan fingerprint density at radius 1 is 1.09 bits per heavy atom. The maximum Gasteiger partial charge on any atom is 0.314 e. The molecule has 0 bridgehead atoms. The number of ether oxygens (including phenoxy) is 1. The first-order chi connectivity index (χ1) is 15.5. The van der Waals surface area contributed by atoms with Crippen molar-refractivity contribution in [2.75, 3.05) is 0 Å². The van der Waals surface area contributed by atoms with Crippen LogP contribution in [-0.4, -0.2) is 5.97 Å². The monoisotopic (exact) mass is 431 g/mol. The van der Waals surface area contributed by atoms with Crippen molar-refractivity contribution in [2.24, 2.45) is 11.8 Å². The maximum atomic E-state index is 12.8. The summed E-state index contributed by atoms with van der Waals surface area (Å²) in [5, 5.41) is 9.64. The second kappa shape index (κ2) is 11.9. The van der Waals surface area contributed by atoms with Gasteiger partial charge in [0.1, 0.15) is 11.8 Å². The second-order valence-electron chi connectivity index (χ2n) is 9.44. The molecule has 0 amide bonds. The molecule has 3 rings (SSSR count). The van der Waals surface area contributed by atoms with Gasteiger partial charge in [-0.1, -0.05) is 75.4 Å². The molecule has 32 heavy (non-hydrogen) atoms. The number of esters is 1. The number of nitriles is 1. The highest BCUT2D eigenvalue weighted by molar-refractivity contribution is 5.76. The van der Waals surface area contributed by atoms with Crippen LogP contribution < -0.4 is 4.74 Å². The van der Waals surface area contributed by atoms with Crippen LogP contribution in [0.5, 0.6) is 5.75 Å². The third-order valence-corrected chi connectivity index (χ3v) is 7.05. The van der Waals surface area contributed by atoms with E-state index in [1.54, 1.807) is 0 Å². The van der Waals surface area contributed by atoms with E-state index < -0.39 is 0 Å². The van der Waals surface area contributed by atoms with Gasteiger partial charge in [0.25, 0.3) is 0 Å². The number of hydrogen-bond donors (Lipinski definition) is 0. The number of hydrogen-bond acceptors (Lipinski definition) is 3. The van der Waals surface area contributed by atoms with Crippen LogP contribution in [0.25, 0.3) is 0 Å². The molecule has 1 aliphatic carbocycles. The third kappa shape index (κ3) is 6.45. The Hall–Kier alpha value is -2.60. The van der Waals surface area contributed by atoms with Crippen molar-refractivity contribution in [3.8, 4) is 11.8 Å². The SMILES string of the molecule is CCCCC(CC)Cc1ccc(OC(=O)C2CCC(c3ccc(C)cc3)CC2)c(C#N)c1. The zero-order valence-electron chi connectivity index (χ0n) is 19.9. The van der Waals surface area contributed by atoms with Gasteiger partial charge in [-0.25, -0.2) is 0 Å². The summed E-state index contributed by atoms with van der Waals surface area (Å²) in [5.41, 5.74) is 4.27. The molecule has 0 spiro atoms. The molecule has 0 radical (unpaired) electrons. The first kappa shape index (κ1) is 24.1. The Bertz CT molecular complexity index is 917. The molecule has 1 aliphatic rings. The zero-order valence-corrected chi connectivity index (χ0v) is 19.9. The Kier molecular flexibility index (Phi) is 8.91. The van der Waals surface area contributed by atoms with Gasteiger partial charge in [0.2, 0.25) is 0 Å². The van der Waals surface area contributed by atoms with Gasteiger partial charge in [-0.3, -0.25) is 4.79 Å². The molecule has 3 nitrogen and oxygen atoms in total. The van der Waals surface area contributed by atoms with Crippen molar-refractivity contribution in [3.05, 3.63) is 64.7 Å². The average Bonchev–Trinajstić information content (AvgIpc) is 2.83. The quantitative estimate of drug-likeness (QED) is 0.305. The molecule has 1 fully saturated rings. The number of carbonyl (C=O) groups is 1. The van der Waals surface area contributed by atoms with Gasteiger partial charge in [0.15, 0.2) is 0 Å². The molecule has 170 valence electrons. The summed E-state index contributed by atoms with van der Waals surface area (Å²) in [7, 11) is 0. The van der Waals surface area contributed by atoms with Gasteiger partial charge in [0.05, 0.1) is 11.5 Å². The minimum Gasteiger partial charge on any atom is -0.425 e. The van der Waals surface area contributed by atoms with Gasteiger partial charge in [-0.05, 0) is 74.1 Å². The zero-order chi connectivity index (χ0) is 22.9. The lowest BCUT2D eigenvalue weighted by Crippen LogP contribution is -2.25. The van der Waals surface area contributed by atoms with Crippen molar-refractivity contribution in [3.63, 3.8) is 0 Å². The van der Waals surface area contributed by atoms with Crippen LogP contribution in [0.2, 0.25) is 0 Å². The minimum atomic E-state index is -0.189. The Labute approximate surface area is 193 Å². The summed E-state index contributed by atoms with van der Waals surface area (Å²) in [4.78, 5) is 12.8. The van der Waals surface area contributed by atoms with E-state index >= 15 is 0 Å². The number of benzene rings is 2. The number of rotatable bonds is 9. The predicted octanol–water partition coefficient (Wildman–Crippen LogP) is 7.51. The molecular formula is C29H37NO2. The minimum absolute atomic E-state index is 0.0820. The van der Waals surface area contributed by atoms with Gasteiger partial charge in [-0.2, -0.15) is 5.26 Å². The highest BCUT2D eigenvalue weighted by Gasteiger charge is 2.29. The lowest BCUT2D eigenvalue weighted by atomic mass is 9.78. The topological polar surface area (TPSA) is 50.1 Å². The van der Waals surface area contributed by atoms with Crippen LogP contribution in [-0.2, 0) is 11.2 Å². The highest BCUT2D eigenvalue weighted by atomic mass is 16.5.